The quantitative estimate of drug-likeness (QED) is 0.716. The molecule has 0 unspecified atom stereocenters. The minimum atomic E-state index is -1.14. The van der Waals surface area contributed by atoms with E-state index in [0.717, 1.165) is 5.56 Å². The molecule has 2 atom stereocenters. The van der Waals surface area contributed by atoms with Crippen molar-refractivity contribution in [2.45, 2.75) is 25.0 Å². The van der Waals surface area contributed by atoms with Crippen molar-refractivity contribution >= 4 is 28.6 Å². The molecule has 1 saturated heterocycles. The molecule has 9 heteroatoms. The van der Waals surface area contributed by atoms with Crippen LogP contribution < -0.4 is 10.1 Å². The second-order valence-corrected chi connectivity index (χ2v) is 6.96. The lowest BCUT2D eigenvalue weighted by Gasteiger charge is -2.35. The third-order valence-electron chi connectivity index (χ3n) is 4.85. The summed E-state index contributed by atoms with van der Waals surface area (Å²) in [4.78, 5) is 16.9. The van der Waals surface area contributed by atoms with Crippen molar-refractivity contribution in [3.8, 4) is 5.75 Å². The van der Waals surface area contributed by atoms with E-state index < -0.39 is 24.1 Å². The molecule has 0 radical (unpaired) electrons. The zero-order valence-electron chi connectivity index (χ0n) is 14.8. The summed E-state index contributed by atoms with van der Waals surface area (Å²) in [5.41, 5.74) is 0.999. The number of ether oxygens (including phenoxy) is 1. The molecule has 1 aromatic heterocycles. The molecule has 146 valence electrons. The van der Waals surface area contributed by atoms with Gasteiger partial charge in [0.2, 0.25) is 0 Å². The van der Waals surface area contributed by atoms with Crippen LogP contribution in [-0.4, -0.2) is 65.1 Å². The third kappa shape index (κ3) is 4.40. The van der Waals surface area contributed by atoms with Crippen molar-refractivity contribution in [2.75, 3.05) is 26.7 Å². The highest BCUT2D eigenvalue weighted by atomic mass is 35.5. The number of nitrogens with one attached hydrogen (secondary N) is 1. The predicted molar refractivity (Wildman–Crippen MR) is 99.0 cm³/mol. The van der Waals surface area contributed by atoms with Crippen LogP contribution in [0, 0.1) is 5.82 Å². The van der Waals surface area contributed by atoms with E-state index in [4.69, 9.17) is 21.4 Å². The SMILES string of the molecule is COc1cc(F)c2ncc(Cl)c(CCN3CC[C@H](NC(=O)O)[C@@H](O)C3)c2c1. The number of rotatable bonds is 5. The Morgan fingerprint density at radius 3 is 2.96 bits per heavy atom. The van der Waals surface area contributed by atoms with Crippen LogP contribution in [0.2, 0.25) is 5.02 Å². The van der Waals surface area contributed by atoms with Gasteiger partial charge in [-0.2, -0.15) is 0 Å². The Bertz CT molecular complexity index is 851. The number of benzene rings is 1. The van der Waals surface area contributed by atoms with Crippen molar-refractivity contribution in [2.24, 2.45) is 0 Å². The topological polar surface area (TPSA) is 94.9 Å². The van der Waals surface area contributed by atoms with Crippen LogP contribution in [0.15, 0.2) is 18.3 Å². The number of fused-ring (bicyclic) bond motifs is 1. The molecule has 0 spiro atoms. The Balaban J connectivity index is 1.75. The van der Waals surface area contributed by atoms with Crippen molar-refractivity contribution in [3.05, 3.63) is 34.7 Å². The number of likely N-dealkylation sites (tertiary alicyclic amines) is 1. The summed E-state index contributed by atoms with van der Waals surface area (Å²) in [5, 5.41) is 22.3. The van der Waals surface area contributed by atoms with E-state index in [2.05, 4.69) is 10.3 Å². The normalized spacial score (nSPS) is 20.6. The van der Waals surface area contributed by atoms with Crippen LogP contribution in [0.4, 0.5) is 9.18 Å². The molecule has 1 aliphatic rings. The number of aromatic nitrogens is 1. The first-order valence-corrected chi connectivity index (χ1v) is 8.97. The van der Waals surface area contributed by atoms with Crippen LogP contribution in [0.3, 0.4) is 0 Å². The van der Waals surface area contributed by atoms with Gasteiger partial charge in [0.05, 0.1) is 24.3 Å². The van der Waals surface area contributed by atoms with E-state index in [0.29, 0.717) is 48.6 Å². The van der Waals surface area contributed by atoms with Gasteiger partial charge in [0.25, 0.3) is 0 Å². The molecular formula is C18H21ClFN3O4. The summed E-state index contributed by atoms with van der Waals surface area (Å²) >= 11 is 6.31. The maximum absolute atomic E-state index is 14.3. The van der Waals surface area contributed by atoms with E-state index in [1.807, 2.05) is 4.90 Å². The molecule has 0 saturated carbocycles. The molecule has 0 aliphatic carbocycles. The number of piperidine rings is 1. The highest BCUT2D eigenvalue weighted by Gasteiger charge is 2.28. The fraction of sp³-hybridized carbons (Fsp3) is 0.444. The number of hydrogen-bond donors (Lipinski definition) is 3. The van der Waals surface area contributed by atoms with Gasteiger partial charge >= 0.3 is 6.09 Å². The van der Waals surface area contributed by atoms with Crippen LogP contribution in [0.1, 0.15) is 12.0 Å². The highest BCUT2D eigenvalue weighted by Crippen LogP contribution is 2.30. The molecule has 3 rings (SSSR count). The molecule has 27 heavy (non-hydrogen) atoms. The zero-order chi connectivity index (χ0) is 19.6. The Kier molecular flexibility index (Phi) is 5.98. The van der Waals surface area contributed by atoms with Gasteiger partial charge in [0, 0.05) is 37.3 Å². The number of hydrogen-bond acceptors (Lipinski definition) is 5. The van der Waals surface area contributed by atoms with Crippen molar-refractivity contribution < 1.29 is 24.1 Å². The van der Waals surface area contributed by atoms with Gasteiger partial charge in [0.1, 0.15) is 11.3 Å². The summed E-state index contributed by atoms with van der Waals surface area (Å²) < 4.78 is 19.4. The molecule has 1 fully saturated rings. The number of aliphatic hydroxyl groups excluding tert-OH is 1. The second-order valence-electron chi connectivity index (χ2n) is 6.55. The molecule has 1 amide bonds. The Hall–Kier alpha value is -2.16. The molecule has 0 bridgehead atoms. The summed E-state index contributed by atoms with van der Waals surface area (Å²) in [5.74, 6) is -0.0838. The Morgan fingerprint density at radius 1 is 1.52 bits per heavy atom. The molecule has 1 aliphatic heterocycles. The molecular weight excluding hydrogens is 377 g/mol. The molecule has 7 nitrogen and oxygen atoms in total. The number of amides is 1. The number of halogens is 2. The first kappa shape index (κ1) is 19.6. The number of β-amino-alcohol motifs (C(OH)–C–C–N with tert-alkyl or cyclic N) is 1. The average Bonchev–Trinajstić information content (AvgIpc) is 2.62. The Morgan fingerprint density at radius 2 is 2.30 bits per heavy atom. The monoisotopic (exact) mass is 397 g/mol. The molecule has 3 N–H and O–H groups in total. The van der Waals surface area contributed by atoms with Gasteiger partial charge < -0.3 is 25.2 Å². The third-order valence-corrected chi connectivity index (χ3v) is 5.17. The highest BCUT2D eigenvalue weighted by molar-refractivity contribution is 6.32. The number of carboxylic acid groups (broad SMARTS) is 1. The standard InChI is InChI=1S/C18H21ClFN3O4/c1-27-10-6-12-11(13(19)8-21-17(12)14(20)7-10)2-4-23-5-3-15(16(24)9-23)22-18(25)26/h6-8,15-16,22,24H,2-5,9H2,1H3,(H,25,26)/t15-,16-/m0/s1. The fourth-order valence-corrected chi connectivity index (χ4v) is 3.68. The van der Waals surface area contributed by atoms with Gasteiger partial charge in [-0.25, -0.2) is 9.18 Å². The maximum Gasteiger partial charge on any atom is 0.404 e. The van der Waals surface area contributed by atoms with Crippen LogP contribution in [0.5, 0.6) is 5.75 Å². The largest absolute Gasteiger partial charge is 0.497 e. The lowest BCUT2D eigenvalue weighted by Crippen LogP contribution is -2.54. The summed E-state index contributed by atoms with van der Waals surface area (Å²) in [7, 11) is 1.47. The number of pyridine rings is 1. The van der Waals surface area contributed by atoms with E-state index in [9.17, 15) is 14.3 Å². The van der Waals surface area contributed by atoms with Crippen molar-refractivity contribution in [1.82, 2.24) is 15.2 Å². The average molecular weight is 398 g/mol. The zero-order valence-corrected chi connectivity index (χ0v) is 15.5. The Labute approximate surface area is 160 Å². The minimum Gasteiger partial charge on any atom is -0.497 e. The van der Waals surface area contributed by atoms with Crippen molar-refractivity contribution in [1.29, 1.82) is 0 Å². The van der Waals surface area contributed by atoms with Gasteiger partial charge in [0.15, 0.2) is 5.82 Å². The van der Waals surface area contributed by atoms with E-state index in [1.165, 1.54) is 19.4 Å². The van der Waals surface area contributed by atoms with E-state index in [1.54, 1.807) is 6.07 Å². The van der Waals surface area contributed by atoms with E-state index >= 15 is 0 Å². The molecule has 1 aromatic carbocycles. The molecule has 2 aromatic rings. The lowest BCUT2D eigenvalue weighted by molar-refractivity contribution is 0.0413. The van der Waals surface area contributed by atoms with Crippen LogP contribution in [-0.2, 0) is 6.42 Å². The second kappa shape index (κ2) is 8.24. The van der Waals surface area contributed by atoms with Crippen molar-refractivity contribution in [3.63, 3.8) is 0 Å². The van der Waals surface area contributed by atoms with Gasteiger partial charge in [-0.05, 0) is 24.5 Å². The first-order valence-electron chi connectivity index (χ1n) is 8.59. The van der Waals surface area contributed by atoms with Gasteiger partial charge in [-0.15, -0.1) is 0 Å². The number of methoxy groups -OCH3 is 1. The summed E-state index contributed by atoms with van der Waals surface area (Å²) in [6, 6.07) is 2.52. The lowest BCUT2D eigenvalue weighted by atomic mass is 10.0. The van der Waals surface area contributed by atoms with Gasteiger partial charge in [-0.3, -0.25) is 4.98 Å². The summed E-state index contributed by atoms with van der Waals surface area (Å²) in [6.45, 7) is 1.58. The summed E-state index contributed by atoms with van der Waals surface area (Å²) in [6.07, 6.45) is 0.567. The molecule has 2 heterocycles. The minimum absolute atomic E-state index is 0.236. The number of nitrogens with zero attached hydrogens (tertiary/aromatic N) is 2. The maximum atomic E-state index is 14.3. The van der Waals surface area contributed by atoms with Gasteiger partial charge in [-0.1, -0.05) is 11.6 Å². The number of carbonyl (C=O) groups is 1. The first-order chi connectivity index (χ1) is 12.9. The van der Waals surface area contributed by atoms with E-state index in [-0.39, 0.29) is 5.52 Å². The van der Waals surface area contributed by atoms with Crippen LogP contribution >= 0.6 is 11.6 Å². The predicted octanol–water partition coefficient (Wildman–Crippen LogP) is 2.28. The van der Waals surface area contributed by atoms with Crippen LogP contribution in [0.25, 0.3) is 10.9 Å². The number of aliphatic hydroxyl groups is 1. The fourth-order valence-electron chi connectivity index (χ4n) is 3.43. The smallest absolute Gasteiger partial charge is 0.404 e.